The van der Waals surface area contributed by atoms with Crippen molar-refractivity contribution in [3.8, 4) is 11.5 Å². The third-order valence-electron chi connectivity index (χ3n) is 4.27. The van der Waals surface area contributed by atoms with Crippen LogP contribution in [0.25, 0.3) is 0 Å². The van der Waals surface area contributed by atoms with E-state index in [0.717, 1.165) is 6.54 Å². The maximum Gasteiger partial charge on any atom is 0.160 e. The van der Waals surface area contributed by atoms with Gasteiger partial charge >= 0.3 is 0 Å². The Kier molecular flexibility index (Phi) is 2.51. The fourth-order valence-electron chi connectivity index (χ4n) is 3.13. The normalized spacial score (nSPS) is 25.8. The number of hydrogen-bond donors (Lipinski definition) is 2. The van der Waals surface area contributed by atoms with Gasteiger partial charge in [-0.1, -0.05) is 6.07 Å². The molecule has 0 aromatic heterocycles. The summed E-state index contributed by atoms with van der Waals surface area (Å²) in [5.74, 6) is 0.818. The Balaban J connectivity index is 1.90. The molecule has 1 heterocycles. The van der Waals surface area contributed by atoms with Crippen molar-refractivity contribution < 1.29 is 9.84 Å². The summed E-state index contributed by atoms with van der Waals surface area (Å²) in [6, 6.07) is 6.45. The number of hydrogen-bond acceptors (Lipinski definition) is 3. The first-order valence-electron chi connectivity index (χ1n) is 6.37. The number of ether oxygens (including phenoxy) is 1. The first-order valence-corrected chi connectivity index (χ1v) is 6.37. The molecule has 1 saturated carbocycles. The highest BCUT2D eigenvalue weighted by atomic mass is 16.5. The van der Waals surface area contributed by atoms with E-state index in [2.05, 4.69) is 11.4 Å². The second-order valence-corrected chi connectivity index (χ2v) is 5.19. The van der Waals surface area contributed by atoms with Crippen LogP contribution in [0.2, 0.25) is 0 Å². The van der Waals surface area contributed by atoms with Gasteiger partial charge in [0.25, 0.3) is 0 Å². The van der Waals surface area contributed by atoms with Crippen LogP contribution in [0.5, 0.6) is 11.5 Å². The summed E-state index contributed by atoms with van der Waals surface area (Å²) in [7, 11) is 1.58. The highest BCUT2D eigenvalue weighted by Crippen LogP contribution is 2.53. The van der Waals surface area contributed by atoms with Gasteiger partial charge in [-0.25, -0.2) is 0 Å². The summed E-state index contributed by atoms with van der Waals surface area (Å²) >= 11 is 0. The van der Waals surface area contributed by atoms with Crippen molar-refractivity contribution in [2.24, 2.45) is 0 Å². The predicted molar refractivity (Wildman–Crippen MR) is 66.6 cm³/mol. The summed E-state index contributed by atoms with van der Waals surface area (Å²) in [5.41, 5.74) is 1.54. The molecule has 2 aliphatic rings. The summed E-state index contributed by atoms with van der Waals surface area (Å²) in [6.45, 7) is 1.13. The molecule has 1 aliphatic carbocycles. The van der Waals surface area contributed by atoms with Crippen LogP contribution < -0.4 is 10.1 Å². The van der Waals surface area contributed by atoms with E-state index in [1.807, 2.05) is 12.1 Å². The average molecular weight is 233 g/mol. The predicted octanol–water partition coefficient (Wildman–Crippen LogP) is 2.18. The van der Waals surface area contributed by atoms with Gasteiger partial charge in [-0.05, 0) is 49.9 Å². The molecule has 17 heavy (non-hydrogen) atoms. The van der Waals surface area contributed by atoms with Crippen molar-refractivity contribution in [3.05, 3.63) is 23.8 Å². The Morgan fingerprint density at radius 3 is 2.76 bits per heavy atom. The van der Waals surface area contributed by atoms with E-state index in [9.17, 15) is 5.11 Å². The highest BCUT2D eigenvalue weighted by Gasteiger charge is 2.51. The molecule has 3 rings (SSSR count). The number of phenolic OH excluding ortho intramolecular Hbond substituents is 1. The van der Waals surface area contributed by atoms with E-state index in [-0.39, 0.29) is 11.2 Å². The molecule has 1 saturated heterocycles. The zero-order valence-electron chi connectivity index (χ0n) is 10.2. The third kappa shape index (κ3) is 1.69. The Morgan fingerprint density at radius 1 is 1.41 bits per heavy atom. The van der Waals surface area contributed by atoms with E-state index in [1.165, 1.54) is 31.2 Å². The summed E-state index contributed by atoms with van der Waals surface area (Å²) in [5, 5.41) is 13.5. The average Bonchev–Trinajstić information content (AvgIpc) is 2.97. The van der Waals surface area contributed by atoms with Crippen molar-refractivity contribution in [1.29, 1.82) is 0 Å². The largest absolute Gasteiger partial charge is 0.504 e. The summed E-state index contributed by atoms with van der Waals surface area (Å²) in [6.07, 6.45) is 4.99. The monoisotopic (exact) mass is 233 g/mol. The lowest BCUT2D eigenvalue weighted by Crippen LogP contribution is -2.34. The molecule has 2 fully saturated rings. The smallest absolute Gasteiger partial charge is 0.160 e. The molecule has 1 aromatic carbocycles. The molecule has 0 radical (unpaired) electrons. The van der Waals surface area contributed by atoms with E-state index in [1.54, 1.807) is 7.11 Å². The van der Waals surface area contributed by atoms with Crippen molar-refractivity contribution >= 4 is 0 Å². The SMILES string of the molecule is COc1ccc(C2(C3CCCN3)CC2)cc1O. The number of nitrogens with one attached hydrogen (secondary N) is 1. The van der Waals surface area contributed by atoms with E-state index >= 15 is 0 Å². The van der Waals surface area contributed by atoms with Gasteiger partial charge in [-0.3, -0.25) is 0 Å². The number of methoxy groups -OCH3 is 1. The second kappa shape index (κ2) is 3.91. The maximum atomic E-state index is 9.88. The third-order valence-corrected chi connectivity index (χ3v) is 4.27. The fourth-order valence-corrected chi connectivity index (χ4v) is 3.13. The van der Waals surface area contributed by atoms with E-state index in [4.69, 9.17) is 4.74 Å². The quantitative estimate of drug-likeness (QED) is 0.841. The van der Waals surface area contributed by atoms with Gasteiger partial charge in [0.15, 0.2) is 11.5 Å². The molecule has 1 aromatic rings. The molecule has 3 heteroatoms. The Bertz CT molecular complexity index is 420. The molecule has 0 amide bonds. The standard InChI is InChI=1S/C14H19NO2/c1-17-12-5-4-10(9-11(12)16)14(6-7-14)13-3-2-8-15-13/h4-5,9,13,15-16H,2-3,6-8H2,1H3. The van der Waals surface area contributed by atoms with Crippen LogP contribution in [0.4, 0.5) is 0 Å². The molecular formula is C14H19NO2. The Morgan fingerprint density at radius 2 is 2.24 bits per heavy atom. The molecular weight excluding hydrogens is 214 g/mol. The van der Waals surface area contributed by atoms with Crippen LogP contribution in [0.1, 0.15) is 31.2 Å². The van der Waals surface area contributed by atoms with Crippen LogP contribution >= 0.6 is 0 Å². The van der Waals surface area contributed by atoms with Crippen molar-refractivity contribution in [2.45, 2.75) is 37.1 Å². The van der Waals surface area contributed by atoms with Crippen molar-refractivity contribution in [1.82, 2.24) is 5.32 Å². The lowest BCUT2D eigenvalue weighted by Gasteiger charge is -2.24. The molecule has 92 valence electrons. The first-order chi connectivity index (χ1) is 8.26. The Labute approximate surface area is 102 Å². The summed E-state index contributed by atoms with van der Waals surface area (Å²) in [4.78, 5) is 0. The maximum absolute atomic E-state index is 9.88. The van der Waals surface area contributed by atoms with E-state index in [0.29, 0.717) is 11.8 Å². The van der Waals surface area contributed by atoms with Gasteiger partial charge < -0.3 is 15.2 Å². The lowest BCUT2D eigenvalue weighted by atomic mass is 9.87. The van der Waals surface area contributed by atoms with Gasteiger partial charge in [-0.15, -0.1) is 0 Å². The molecule has 1 aliphatic heterocycles. The molecule has 1 unspecified atom stereocenters. The number of rotatable bonds is 3. The Hall–Kier alpha value is -1.22. The molecule has 1 atom stereocenters. The summed E-state index contributed by atoms with van der Waals surface area (Å²) < 4.78 is 5.09. The second-order valence-electron chi connectivity index (χ2n) is 5.19. The fraction of sp³-hybridized carbons (Fsp3) is 0.571. The zero-order chi connectivity index (χ0) is 11.9. The topological polar surface area (TPSA) is 41.5 Å². The molecule has 2 N–H and O–H groups in total. The van der Waals surface area contributed by atoms with Crippen LogP contribution in [-0.2, 0) is 5.41 Å². The zero-order valence-corrected chi connectivity index (χ0v) is 10.2. The first kappa shape index (κ1) is 10.9. The van der Waals surface area contributed by atoms with E-state index < -0.39 is 0 Å². The minimum Gasteiger partial charge on any atom is -0.504 e. The van der Waals surface area contributed by atoms with Gasteiger partial charge in [0.2, 0.25) is 0 Å². The molecule has 3 nitrogen and oxygen atoms in total. The van der Waals surface area contributed by atoms with Gasteiger partial charge in [0.05, 0.1) is 7.11 Å². The minimum atomic E-state index is 0.259. The minimum absolute atomic E-state index is 0.259. The molecule has 0 bridgehead atoms. The van der Waals surface area contributed by atoms with Crippen LogP contribution in [0, 0.1) is 0 Å². The van der Waals surface area contributed by atoms with Gasteiger partial charge in [0.1, 0.15) is 0 Å². The van der Waals surface area contributed by atoms with Crippen LogP contribution in [0.15, 0.2) is 18.2 Å². The van der Waals surface area contributed by atoms with Crippen LogP contribution in [0.3, 0.4) is 0 Å². The van der Waals surface area contributed by atoms with Gasteiger partial charge in [0, 0.05) is 11.5 Å². The van der Waals surface area contributed by atoms with Gasteiger partial charge in [-0.2, -0.15) is 0 Å². The molecule has 0 spiro atoms. The lowest BCUT2D eigenvalue weighted by molar-refractivity contribution is 0.371. The van der Waals surface area contributed by atoms with Crippen LogP contribution in [-0.4, -0.2) is 24.8 Å². The number of phenols is 1. The van der Waals surface area contributed by atoms with Crippen molar-refractivity contribution in [3.63, 3.8) is 0 Å². The number of benzene rings is 1. The van der Waals surface area contributed by atoms with Crippen molar-refractivity contribution in [2.75, 3.05) is 13.7 Å². The number of aromatic hydroxyl groups is 1. The highest BCUT2D eigenvalue weighted by molar-refractivity contribution is 5.46.